The Morgan fingerprint density at radius 1 is 1.32 bits per heavy atom. The Kier molecular flexibility index (Phi) is 5.39. The fourth-order valence-corrected chi connectivity index (χ4v) is 2.69. The Morgan fingerprint density at radius 3 is 2.74 bits per heavy atom. The van der Waals surface area contributed by atoms with Gasteiger partial charge in [-0.1, -0.05) is 25.7 Å². The fraction of sp³-hybridized carbons (Fsp3) is 0.571. The molecule has 0 aliphatic heterocycles. The van der Waals surface area contributed by atoms with Crippen molar-refractivity contribution in [1.29, 1.82) is 0 Å². The minimum Gasteiger partial charge on any atom is -0.480 e. The number of hydrogen-bond acceptors (Lipinski definition) is 3. The summed E-state index contributed by atoms with van der Waals surface area (Å²) in [4.78, 5) is 4.14. The molecule has 1 aromatic rings. The summed E-state index contributed by atoms with van der Waals surface area (Å²) in [6.07, 6.45) is 9.36. The summed E-state index contributed by atoms with van der Waals surface area (Å²) < 4.78 is 5.20. The van der Waals surface area contributed by atoms with Gasteiger partial charge in [-0.15, -0.1) is 0 Å². The molecular formula is C14H21N3OS. The maximum Gasteiger partial charge on any atom is 0.237 e. The quantitative estimate of drug-likeness (QED) is 0.657. The van der Waals surface area contributed by atoms with Crippen LogP contribution in [0.15, 0.2) is 18.3 Å². The molecular weight excluding hydrogens is 258 g/mol. The number of nitrogens with one attached hydrogen (secondary N) is 2. The summed E-state index contributed by atoms with van der Waals surface area (Å²) in [5.74, 6) is 0.563. The lowest BCUT2D eigenvalue weighted by molar-refractivity contribution is 0.400. The van der Waals surface area contributed by atoms with Gasteiger partial charge in [0.15, 0.2) is 5.11 Å². The SMILES string of the molecule is COc1ncccc1NC(=S)NC1CCCCCC1. The van der Waals surface area contributed by atoms with Gasteiger partial charge in [0.05, 0.1) is 7.11 Å². The molecule has 0 atom stereocenters. The Hall–Kier alpha value is -1.36. The molecule has 1 fully saturated rings. The average molecular weight is 279 g/mol. The third-order valence-electron chi connectivity index (χ3n) is 3.40. The van der Waals surface area contributed by atoms with Crippen LogP contribution in [0.4, 0.5) is 5.69 Å². The minimum absolute atomic E-state index is 0.491. The number of nitrogens with zero attached hydrogens (tertiary/aromatic N) is 1. The lowest BCUT2D eigenvalue weighted by Gasteiger charge is -2.19. The van der Waals surface area contributed by atoms with E-state index in [4.69, 9.17) is 17.0 Å². The first-order chi connectivity index (χ1) is 9.29. The largest absolute Gasteiger partial charge is 0.480 e. The molecule has 1 aromatic heterocycles. The van der Waals surface area contributed by atoms with Gasteiger partial charge in [0, 0.05) is 12.2 Å². The van der Waals surface area contributed by atoms with Crippen molar-refractivity contribution in [2.75, 3.05) is 12.4 Å². The van der Waals surface area contributed by atoms with Gasteiger partial charge in [-0.3, -0.25) is 0 Å². The molecule has 0 aromatic carbocycles. The lowest BCUT2D eigenvalue weighted by atomic mass is 10.1. The normalized spacial score (nSPS) is 16.5. The average Bonchev–Trinajstić information content (AvgIpc) is 2.68. The van der Waals surface area contributed by atoms with Gasteiger partial charge in [-0.05, 0) is 37.2 Å². The molecule has 5 heteroatoms. The van der Waals surface area contributed by atoms with Crippen LogP contribution in [0, 0.1) is 0 Å². The van der Waals surface area contributed by atoms with E-state index in [1.54, 1.807) is 13.3 Å². The molecule has 0 unspecified atom stereocenters. The number of thiocarbonyl (C=S) groups is 1. The highest BCUT2D eigenvalue weighted by molar-refractivity contribution is 7.80. The van der Waals surface area contributed by atoms with Crippen LogP contribution in [0.2, 0.25) is 0 Å². The molecule has 0 bridgehead atoms. The second-order valence-corrected chi connectivity index (χ2v) is 5.26. The first kappa shape index (κ1) is 14.1. The Bertz CT molecular complexity index is 417. The summed E-state index contributed by atoms with van der Waals surface area (Å²) in [6, 6.07) is 4.26. The third kappa shape index (κ3) is 4.35. The van der Waals surface area contributed by atoms with E-state index in [1.165, 1.54) is 38.5 Å². The van der Waals surface area contributed by atoms with Gasteiger partial charge in [0.2, 0.25) is 5.88 Å². The van der Waals surface area contributed by atoms with Gasteiger partial charge < -0.3 is 15.4 Å². The van der Waals surface area contributed by atoms with Gasteiger partial charge in [-0.25, -0.2) is 4.98 Å². The third-order valence-corrected chi connectivity index (χ3v) is 3.62. The predicted octanol–water partition coefficient (Wildman–Crippen LogP) is 3.10. The van der Waals surface area contributed by atoms with Crippen molar-refractivity contribution in [2.45, 2.75) is 44.6 Å². The van der Waals surface area contributed by atoms with Crippen molar-refractivity contribution in [3.05, 3.63) is 18.3 Å². The smallest absolute Gasteiger partial charge is 0.237 e. The topological polar surface area (TPSA) is 46.2 Å². The van der Waals surface area contributed by atoms with Crippen LogP contribution < -0.4 is 15.4 Å². The molecule has 1 aliphatic carbocycles. The zero-order valence-corrected chi connectivity index (χ0v) is 12.1. The second kappa shape index (κ2) is 7.28. The van der Waals surface area contributed by atoms with Crippen molar-refractivity contribution < 1.29 is 4.74 Å². The number of aromatic nitrogens is 1. The fourth-order valence-electron chi connectivity index (χ4n) is 2.42. The molecule has 2 rings (SSSR count). The Morgan fingerprint density at radius 2 is 2.05 bits per heavy atom. The molecule has 0 saturated heterocycles. The highest BCUT2D eigenvalue weighted by Crippen LogP contribution is 2.20. The lowest BCUT2D eigenvalue weighted by Crippen LogP contribution is -2.37. The van der Waals surface area contributed by atoms with Crippen molar-refractivity contribution in [3.63, 3.8) is 0 Å². The van der Waals surface area contributed by atoms with Crippen LogP contribution in [0.25, 0.3) is 0 Å². The van der Waals surface area contributed by atoms with E-state index in [0.717, 1.165) is 5.69 Å². The molecule has 0 amide bonds. The van der Waals surface area contributed by atoms with E-state index < -0.39 is 0 Å². The van der Waals surface area contributed by atoms with Gasteiger partial charge >= 0.3 is 0 Å². The standard InChI is InChI=1S/C14H21N3OS/c1-18-13-12(9-6-10-15-13)17-14(19)16-11-7-4-2-3-5-8-11/h6,9-11H,2-5,7-8H2,1H3,(H2,16,17,19). The molecule has 1 heterocycles. The first-order valence-corrected chi connectivity index (χ1v) is 7.27. The molecule has 4 nitrogen and oxygen atoms in total. The highest BCUT2D eigenvalue weighted by atomic mass is 32.1. The van der Waals surface area contributed by atoms with Gasteiger partial charge in [0.1, 0.15) is 5.69 Å². The predicted molar refractivity (Wildman–Crippen MR) is 81.6 cm³/mol. The van der Waals surface area contributed by atoms with Gasteiger partial charge in [0.25, 0.3) is 0 Å². The van der Waals surface area contributed by atoms with Crippen molar-refractivity contribution in [3.8, 4) is 5.88 Å². The summed E-state index contributed by atoms with van der Waals surface area (Å²) in [7, 11) is 1.61. The van der Waals surface area contributed by atoms with Gasteiger partial charge in [-0.2, -0.15) is 0 Å². The van der Waals surface area contributed by atoms with Crippen LogP contribution in [-0.4, -0.2) is 23.2 Å². The molecule has 0 spiro atoms. The summed E-state index contributed by atoms with van der Waals surface area (Å²) in [5, 5.41) is 7.21. The summed E-state index contributed by atoms with van der Waals surface area (Å²) >= 11 is 5.36. The maximum absolute atomic E-state index is 5.36. The molecule has 2 N–H and O–H groups in total. The van der Waals surface area contributed by atoms with Crippen LogP contribution in [0.3, 0.4) is 0 Å². The minimum atomic E-state index is 0.491. The van der Waals surface area contributed by atoms with E-state index >= 15 is 0 Å². The number of methoxy groups -OCH3 is 1. The Balaban J connectivity index is 1.89. The van der Waals surface area contributed by atoms with Crippen molar-refractivity contribution in [1.82, 2.24) is 10.3 Å². The number of rotatable bonds is 3. The summed E-state index contributed by atoms with van der Waals surface area (Å²) in [5.41, 5.74) is 0.802. The van der Waals surface area contributed by atoms with E-state index in [-0.39, 0.29) is 0 Å². The number of anilines is 1. The zero-order chi connectivity index (χ0) is 13.5. The van der Waals surface area contributed by atoms with Crippen LogP contribution in [0.5, 0.6) is 5.88 Å². The van der Waals surface area contributed by atoms with Crippen molar-refractivity contribution in [2.24, 2.45) is 0 Å². The zero-order valence-electron chi connectivity index (χ0n) is 11.3. The van der Waals surface area contributed by atoms with E-state index in [2.05, 4.69) is 15.6 Å². The van der Waals surface area contributed by atoms with E-state index in [1.807, 2.05) is 12.1 Å². The highest BCUT2D eigenvalue weighted by Gasteiger charge is 2.13. The monoisotopic (exact) mass is 279 g/mol. The van der Waals surface area contributed by atoms with Crippen molar-refractivity contribution >= 4 is 23.0 Å². The molecule has 104 valence electrons. The number of ether oxygens (including phenoxy) is 1. The van der Waals surface area contributed by atoms with Crippen LogP contribution in [0.1, 0.15) is 38.5 Å². The van der Waals surface area contributed by atoms with Crippen LogP contribution >= 0.6 is 12.2 Å². The number of hydrogen-bond donors (Lipinski definition) is 2. The molecule has 19 heavy (non-hydrogen) atoms. The van der Waals surface area contributed by atoms with Crippen LogP contribution in [-0.2, 0) is 0 Å². The van der Waals surface area contributed by atoms with E-state index in [9.17, 15) is 0 Å². The maximum atomic E-state index is 5.36. The second-order valence-electron chi connectivity index (χ2n) is 4.85. The molecule has 1 aliphatic rings. The first-order valence-electron chi connectivity index (χ1n) is 6.86. The molecule has 1 saturated carbocycles. The molecule has 0 radical (unpaired) electrons. The van der Waals surface area contributed by atoms with E-state index in [0.29, 0.717) is 17.0 Å². The number of pyridine rings is 1. The summed E-state index contributed by atoms with van der Waals surface area (Å²) in [6.45, 7) is 0. The Labute approximate surface area is 120 Å².